The van der Waals surface area contributed by atoms with Crippen molar-refractivity contribution in [1.29, 1.82) is 0 Å². The van der Waals surface area contributed by atoms with E-state index in [0.717, 1.165) is 26.1 Å². The van der Waals surface area contributed by atoms with E-state index in [-0.39, 0.29) is 23.1 Å². The van der Waals surface area contributed by atoms with Gasteiger partial charge in [0.05, 0.1) is 0 Å². The second kappa shape index (κ2) is 8.22. The Kier molecular flexibility index (Phi) is 8.25. The number of nitrogens with one attached hydrogen (secondary N) is 2. The van der Waals surface area contributed by atoms with E-state index in [9.17, 15) is 4.79 Å². The van der Waals surface area contributed by atoms with Gasteiger partial charge in [0.1, 0.15) is 0 Å². The largest absolute Gasteiger partial charge is 0.355 e. The summed E-state index contributed by atoms with van der Waals surface area (Å²) in [5, 5.41) is 6.34. The average Bonchev–Trinajstić information content (AvgIpc) is 2.76. The molecule has 1 heterocycles. The van der Waals surface area contributed by atoms with Crippen molar-refractivity contribution in [2.24, 2.45) is 5.92 Å². The predicted octanol–water partition coefficient (Wildman–Crippen LogP) is 2.06. The highest BCUT2D eigenvalue weighted by Gasteiger charge is 2.18. The molecule has 1 saturated heterocycles. The van der Waals surface area contributed by atoms with Crippen LogP contribution in [0.15, 0.2) is 0 Å². The molecule has 3 nitrogen and oxygen atoms in total. The van der Waals surface area contributed by atoms with Gasteiger partial charge in [-0.2, -0.15) is 11.8 Å². The second-order valence-electron chi connectivity index (χ2n) is 5.14. The second-order valence-corrected chi connectivity index (χ2v) is 6.65. The smallest absolute Gasteiger partial charge is 0.220 e. The van der Waals surface area contributed by atoms with Gasteiger partial charge in [0.15, 0.2) is 0 Å². The standard InChI is InChI=1S/C12H24N2OS.ClH/c1-12(2,16-3)9-14-11(15)5-4-10-6-7-13-8-10;/h10,13H,4-9H2,1-3H3,(H,14,15);1H. The van der Waals surface area contributed by atoms with Gasteiger partial charge in [0, 0.05) is 17.7 Å². The summed E-state index contributed by atoms with van der Waals surface area (Å²) in [6.07, 6.45) is 5.01. The lowest BCUT2D eigenvalue weighted by molar-refractivity contribution is -0.121. The van der Waals surface area contributed by atoms with E-state index in [0.29, 0.717) is 12.3 Å². The minimum atomic E-state index is 0. The van der Waals surface area contributed by atoms with Crippen LogP contribution in [0.25, 0.3) is 0 Å². The number of amides is 1. The van der Waals surface area contributed by atoms with Crippen molar-refractivity contribution < 1.29 is 4.79 Å². The Labute approximate surface area is 115 Å². The maximum atomic E-state index is 11.6. The molecule has 17 heavy (non-hydrogen) atoms. The number of thioether (sulfide) groups is 1. The first-order valence-corrected chi connectivity index (χ1v) is 7.28. The fraction of sp³-hybridized carbons (Fsp3) is 0.917. The zero-order valence-electron chi connectivity index (χ0n) is 11.0. The van der Waals surface area contributed by atoms with Crippen molar-refractivity contribution in [3.63, 3.8) is 0 Å². The van der Waals surface area contributed by atoms with Crippen molar-refractivity contribution in [3.05, 3.63) is 0 Å². The lowest BCUT2D eigenvalue weighted by Gasteiger charge is -2.22. The molecular formula is C12H25ClN2OS. The van der Waals surface area contributed by atoms with Crippen LogP contribution in [0.1, 0.15) is 33.1 Å². The van der Waals surface area contributed by atoms with Crippen LogP contribution in [0, 0.1) is 5.92 Å². The maximum Gasteiger partial charge on any atom is 0.220 e. The summed E-state index contributed by atoms with van der Waals surface area (Å²) in [5.74, 6) is 0.910. The van der Waals surface area contributed by atoms with Crippen LogP contribution in [0.5, 0.6) is 0 Å². The number of carbonyl (C=O) groups is 1. The molecule has 1 aliphatic heterocycles. The van der Waals surface area contributed by atoms with Crippen LogP contribution < -0.4 is 10.6 Å². The van der Waals surface area contributed by atoms with Gasteiger partial charge in [-0.05, 0) is 52.0 Å². The van der Waals surface area contributed by atoms with Gasteiger partial charge in [0.2, 0.25) is 5.91 Å². The monoisotopic (exact) mass is 280 g/mol. The summed E-state index contributed by atoms with van der Waals surface area (Å²) >= 11 is 1.79. The van der Waals surface area contributed by atoms with E-state index >= 15 is 0 Å². The molecule has 1 unspecified atom stereocenters. The van der Waals surface area contributed by atoms with Crippen molar-refractivity contribution in [1.82, 2.24) is 10.6 Å². The fourth-order valence-corrected chi connectivity index (χ4v) is 1.98. The third kappa shape index (κ3) is 7.17. The van der Waals surface area contributed by atoms with E-state index < -0.39 is 0 Å². The highest BCUT2D eigenvalue weighted by Crippen LogP contribution is 2.19. The van der Waals surface area contributed by atoms with E-state index in [1.165, 1.54) is 6.42 Å². The number of rotatable bonds is 6. The SMILES string of the molecule is CSC(C)(C)CNC(=O)CCC1CCNC1.Cl. The summed E-state index contributed by atoms with van der Waals surface area (Å²) < 4.78 is 0.143. The van der Waals surface area contributed by atoms with Crippen LogP contribution in [0.2, 0.25) is 0 Å². The van der Waals surface area contributed by atoms with Gasteiger partial charge in [-0.15, -0.1) is 12.4 Å². The van der Waals surface area contributed by atoms with E-state index in [1.807, 2.05) is 0 Å². The molecular weight excluding hydrogens is 256 g/mol. The lowest BCUT2D eigenvalue weighted by Crippen LogP contribution is -2.36. The van der Waals surface area contributed by atoms with Gasteiger partial charge < -0.3 is 10.6 Å². The molecule has 1 rings (SSSR count). The Morgan fingerprint density at radius 1 is 1.53 bits per heavy atom. The van der Waals surface area contributed by atoms with Crippen molar-refractivity contribution in [2.75, 3.05) is 25.9 Å². The molecule has 0 aromatic rings. The summed E-state index contributed by atoms with van der Waals surface area (Å²) in [7, 11) is 0. The fourth-order valence-electron chi connectivity index (χ4n) is 1.77. The number of hydrogen-bond acceptors (Lipinski definition) is 3. The molecule has 0 saturated carbocycles. The Morgan fingerprint density at radius 3 is 2.76 bits per heavy atom. The van der Waals surface area contributed by atoms with Gasteiger partial charge in [-0.1, -0.05) is 0 Å². The maximum absolute atomic E-state index is 11.6. The van der Waals surface area contributed by atoms with Crippen molar-refractivity contribution in [2.45, 2.75) is 37.9 Å². The zero-order valence-corrected chi connectivity index (χ0v) is 12.7. The minimum Gasteiger partial charge on any atom is -0.355 e. The van der Waals surface area contributed by atoms with Crippen LogP contribution in [0.4, 0.5) is 0 Å². The van der Waals surface area contributed by atoms with E-state index in [2.05, 4.69) is 30.7 Å². The zero-order chi connectivity index (χ0) is 12.0. The van der Waals surface area contributed by atoms with Crippen LogP contribution in [-0.4, -0.2) is 36.5 Å². The minimum absolute atomic E-state index is 0. The Bertz CT molecular complexity index is 231. The Morgan fingerprint density at radius 2 is 2.24 bits per heavy atom. The molecule has 1 fully saturated rings. The third-order valence-corrected chi connectivity index (χ3v) is 4.46. The van der Waals surface area contributed by atoms with E-state index in [4.69, 9.17) is 0 Å². The normalized spacial score (nSPS) is 19.8. The third-order valence-electron chi connectivity index (χ3n) is 3.21. The first kappa shape index (κ1) is 17.1. The molecule has 5 heteroatoms. The molecule has 0 spiro atoms. The number of carbonyl (C=O) groups excluding carboxylic acids is 1. The van der Waals surface area contributed by atoms with Gasteiger partial charge in [-0.25, -0.2) is 0 Å². The summed E-state index contributed by atoms with van der Waals surface area (Å²) in [4.78, 5) is 11.6. The van der Waals surface area contributed by atoms with Gasteiger partial charge >= 0.3 is 0 Å². The highest BCUT2D eigenvalue weighted by molar-refractivity contribution is 7.99. The lowest BCUT2D eigenvalue weighted by atomic mass is 10.0. The molecule has 1 amide bonds. The predicted molar refractivity (Wildman–Crippen MR) is 78.1 cm³/mol. The molecule has 102 valence electrons. The summed E-state index contributed by atoms with van der Waals surface area (Å²) in [6.45, 7) is 7.27. The topological polar surface area (TPSA) is 41.1 Å². The van der Waals surface area contributed by atoms with Crippen molar-refractivity contribution in [3.8, 4) is 0 Å². The molecule has 2 N–H and O–H groups in total. The highest BCUT2D eigenvalue weighted by atomic mass is 35.5. The van der Waals surface area contributed by atoms with Gasteiger partial charge in [0.25, 0.3) is 0 Å². The Hall–Kier alpha value is 0.0700. The molecule has 0 aromatic heterocycles. The first-order valence-electron chi connectivity index (χ1n) is 6.06. The van der Waals surface area contributed by atoms with Crippen LogP contribution >= 0.6 is 24.2 Å². The first-order chi connectivity index (χ1) is 7.53. The number of hydrogen-bond donors (Lipinski definition) is 2. The quantitative estimate of drug-likeness (QED) is 0.783. The Balaban J connectivity index is 0.00000256. The number of halogens is 1. The molecule has 0 bridgehead atoms. The van der Waals surface area contributed by atoms with E-state index in [1.54, 1.807) is 11.8 Å². The summed E-state index contributed by atoms with van der Waals surface area (Å²) in [6, 6.07) is 0. The molecule has 0 radical (unpaired) electrons. The summed E-state index contributed by atoms with van der Waals surface area (Å²) in [5.41, 5.74) is 0. The van der Waals surface area contributed by atoms with Crippen LogP contribution in [0.3, 0.4) is 0 Å². The van der Waals surface area contributed by atoms with Crippen LogP contribution in [-0.2, 0) is 4.79 Å². The van der Waals surface area contributed by atoms with Crippen molar-refractivity contribution >= 4 is 30.1 Å². The average molecular weight is 281 g/mol. The molecule has 1 atom stereocenters. The molecule has 1 aliphatic rings. The molecule has 0 aromatic carbocycles. The molecule has 0 aliphatic carbocycles. The van der Waals surface area contributed by atoms with Gasteiger partial charge in [-0.3, -0.25) is 4.79 Å².